The van der Waals surface area contributed by atoms with Crippen LogP contribution in [0.5, 0.6) is 0 Å². The Hall–Kier alpha value is -1.79. The van der Waals surface area contributed by atoms with Gasteiger partial charge in [0, 0.05) is 18.3 Å². The fourth-order valence-electron chi connectivity index (χ4n) is 1.51. The number of carbonyl (C=O) groups excluding carboxylic acids is 1. The molecule has 3 N–H and O–H groups in total. The Morgan fingerprint density at radius 3 is 2.79 bits per heavy atom. The summed E-state index contributed by atoms with van der Waals surface area (Å²) in [6.07, 6.45) is 1.51. The summed E-state index contributed by atoms with van der Waals surface area (Å²) in [4.78, 5) is 16.2. The number of nitrogens with zero attached hydrogens (tertiary/aromatic N) is 1. The highest BCUT2D eigenvalue weighted by atomic mass is 32.1. The molecule has 0 aliphatic carbocycles. The highest BCUT2D eigenvalue weighted by Gasteiger charge is 2.08. The molecule has 2 rings (SSSR count). The first kappa shape index (κ1) is 13.6. The molecular weight excluding hydrogens is 278 g/mol. The maximum absolute atomic E-state index is 11.9. The van der Waals surface area contributed by atoms with E-state index in [1.165, 1.54) is 11.8 Å². The van der Waals surface area contributed by atoms with Gasteiger partial charge in [0.1, 0.15) is 10.7 Å². The molecule has 6 heteroatoms. The smallest absolute Gasteiger partial charge is 0.270 e. The molecule has 0 bridgehead atoms. The van der Waals surface area contributed by atoms with Gasteiger partial charge in [-0.3, -0.25) is 9.78 Å². The molecule has 0 spiro atoms. The van der Waals surface area contributed by atoms with Gasteiger partial charge in [0.2, 0.25) is 0 Å². The summed E-state index contributed by atoms with van der Waals surface area (Å²) in [7, 11) is 0. The molecule has 0 aliphatic heterocycles. The molecule has 0 atom stereocenters. The molecule has 2 heterocycles. The van der Waals surface area contributed by atoms with Crippen molar-refractivity contribution >= 4 is 34.5 Å². The van der Waals surface area contributed by atoms with Crippen LogP contribution in [0.1, 0.15) is 27.2 Å². The first-order valence-electron chi connectivity index (χ1n) is 5.63. The lowest BCUT2D eigenvalue weighted by Gasteiger charge is -2.05. The van der Waals surface area contributed by atoms with Crippen molar-refractivity contribution in [1.82, 2.24) is 10.3 Å². The van der Waals surface area contributed by atoms with E-state index >= 15 is 0 Å². The predicted octanol–water partition coefficient (Wildman–Crippen LogP) is 2.02. The summed E-state index contributed by atoms with van der Waals surface area (Å²) in [5, 5.41) is 6.91. The Morgan fingerprint density at radius 1 is 1.47 bits per heavy atom. The lowest BCUT2D eigenvalue weighted by molar-refractivity contribution is 0.0946. The van der Waals surface area contributed by atoms with Crippen LogP contribution in [-0.2, 0) is 6.54 Å². The molecule has 0 unspecified atom stereocenters. The van der Waals surface area contributed by atoms with E-state index in [1.54, 1.807) is 23.5 Å². The minimum atomic E-state index is -0.208. The second-order valence-corrected chi connectivity index (χ2v) is 5.24. The van der Waals surface area contributed by atoms with Gasteiger partial charge in [0.25, 0.3) is 5.91 Å². The number of hydrogen-bond donors (Lipinski definition) is 2. The average Bonchev–Trinajstić information content (AvgIpc) is 2.81. The molecule has 2 aromatic heterocycles. The third-order valence-electron chi connectivity index (χ3n) is 2.68. The van der Waals surface area contributed by atoms with E-state index in [9.17, 15) is 4.79 Å². The predicted molar refractivity (Wildman–Crippen MR) is 80.4 cm³/mol. The second-order valence-electron chi connectivity index (χ2n) is 4.06. The molecule has 0 saturated carbocycles. The van der Waals surface area contributed by atoms with Crippen molar-refractivity contribution in [1.29, 1.82) is 0 Å². The number of rotatable bonds is 4. The normalized spacial score (nSPS) is 10.2. The zero-order valence-electron chi connectivity index (χ0n) is 10.3. The van der Waals surface area contributed by atoms with Gasteiger partial charge in [-0.15, -0.1) is 0 Å². The van der Waals surface area contributed by atoms with Crippen LogP contribution in [0, 0.1) is 6.92 Å². The maximum Gasteiger partial charge on any atom is 0.270 e. The van der Waals surface area contributed by atoms with Crippen LogP contribution in [0.3, 0.4) is 0 Å². The fourth-order valence-corrected chi connectivity index (χ4v) is 2.49. The zero-order chi connectivity index (χ0) is 13.8. The zero-order valence-corrected chi connectivity index (χ0v) is 12.0. The van der Waals surface area contributed by atoms with Crippen molar-refractivity contribution in [3.8, 4) is 0 Å². The van der Waals surface area contributed by atoms with Crippen LogP contribution in [0.15, 0.2) is 29.1 Å². The van der Waals surface area contributed by atoms with E-state index < -0.39 is 0 Å². The summed E-state index contributed by atoms with van der Waals surface area (Å²) in [6, 6.07) is 3.31. The Labute approximate surface area is 120 Å². The van der Waals surface area contributed by atoms with Crippen molar-refractivity contribution < 1.29 is 4.79 Å². The molecular formula is C13H13N3OS2. The molecule has 0 aromatic carbocycles. The Balaban J connectivity index is 2.00. The summed E-state index contributed by atoms with van der Waals surface area (Å²) in [5.41, 5.74) is 8.78. The first-order chi connectivity index (χ1) is 9.08. The molecule has 0 saturated heterocycles. The van der Waals surface area contributed by atoms with E-state index in [0.29, 0.717) is 17.8 Å². The van der Waals surface area contributed by atoms with Gasteiger partial charge in [0.15, 0.2) is 0 Å². The van der Waals surface area contributed by atoms with E-state index in [4.69, 9.17) is 18.0 Å². The van der Waals surface area contributed by atoms with Crippen LogP contribution in [0.4, 0.5) is 0 Å². The largest absolute Gasteiger partial charge is 0.389 e. The lowest BCUT2D eigenvalue weighted by atomic mass is 10.2. The molecule has 0 radical (unpaired) electrons. The lowest BCUT2D eigenvalue weighted by Crippen LogP contribution is -2.24. The van der Waals surface area contributed by atoms with Crippen molar-refractivity contribution in [2.24, 2.45) is 5.73 Å². The van der Waals surface area contributed by atoms with Gasteiger partial charge >= 0.3 is 0 Å². The fraction of sp³-hybridized carbons (Fsp3) is 0.154. The number of nitrogens with one attached hydrogen (secondary N) is 1. The average molecular weight is 291 g/mol. The molecule has 0 aliphatic rings. The van der Waals surface area contributed by atoms with Crippen LogP contribution in [0.2, 0.25) is 0 Å². The van der Waals surface area contributed by atoms with Crippen LogP contribution >= 0.6 is 23.6 Å². The molecule has 4 nitrogen and oxygen atoms in total. The number of thiophene rings is 1. The number of aryl methyl sites for hydroxylation is 1. The summed E-state index contributed by atoms with van der Waals surface area (Å²) in [6.45, 7) is 2.53. The third kappa shape index (κ3) is 3.36. The van der Waals surface area contributed by atoms with E-state index in [-0.39, 0.29) is 10.9 Å². The summed E-state index contributed by atoms with van der Waals surface area (Å²) >= 11 is 6.45. The van der Waals surface area contributed by atoms with Gasteiger partial charge in [-0.25, -0.2) is 0 Å². The number of aromatic nitrogens is 1. The van der Waals surface area contributed by atoms with Crippen molar-refractivity contribution in [3.05, 3.63) is 51.5 Å². The number of amides is 1. The van der Waals surface area contributed by atoms with Crippen LogP contribution in [0.25, 0.3) is 0 Å². The van der Waals surface area contributed by atoms with E-state index in [1.807, 2.05) is 12.3 Å². The summed E-state index contributed by atoms with van der Waals surface area (Å²) < 4.78 is 0. The topological polar surface area (TPSA) is 68.0 Å². The Bertz CT molecular complexity index is 605. The minimum Gasteiger partial charge on any atom is -0.389 e. The number of thiocarbonyl (C=S) groups is 1. The monoisotopic (exact) mass is 291 g/mol. The first-order valence-corrected chi connectivity index (χ1v) is 6.99. The van der Waals surface area contributed by atoms with Gasteiger partial charge in [-0.2, -0.15) is 11.3 Å². The molecule has 2 aromatic rings. The number of carbonyl (C=O) groups is 1. The number of pyridine rings is 1. The number of nitrogens with two attached hydrogens (primary N) is 1. The maximum atomic E-state index is 11.9. The van der Waals surface area contributed by atoms with E-state index in [2.05, 4.69) is 15.7 Å². The quantitative estimate of drug-likeness (QED) is 0.846. The molecule has 1 amide bonds. The highest BCUT2D eigenvalue weighted by molar-refractivity contribution is 7.80. The van der Waals surface area contributed by atoms with Crippen molar-refractivity contribution in [3.63, 3.8) is 0 Å². The molecule has 19 heavy (non-hydrogen) atoms. The SMILES string of the molecule is Cc1cscc1CNC(=O)c1ccc(C(N)=S)cn1. The van der Waals surface area contributed by atoms with E-state index in [0.717, 1.165) is 5.56 Å². The third-order valence-corrected chi connectivity index (χ3v) is 3.83. The Morgan fingerprint density at radius 2 is 2.26 bits per heavy atom. The van der Waals surface area contributed by atoms with Crippen molar-refractivity contribution in [2.45, 2.75) is 13.5 Å². The van der Waals surface area contributed by atoms with Gasteiger partial charge in [-0.1, -0.05) is 12.2 Å². The van der Waals surface area contributed by atoms with Gasteiger partial charge < -0.3 is 11.1 Å². The van der Waals surface area contributed by atoms with Gasteiger partial charge in [0.05, 0.1) is 0 Å². The summed E-state index contributed by atoms with van der Waals surface area (Å²) in [5.74, 6) is -0.208. The minimum absolute atomic E-state index is 0.208. The van der Waals surface area contributed by atoms with Gasteiger partial charge in [-0.05, 0) is 40.9 Å². The number of hydrogen-bond acceptors (Lipinski definition) is 4. The molecule has 98 valence electrons. The second kappa shape index (κ2) is 5.90. The molecule has 0 fully saturated rings. The highest BCUT2D eigenvalue weighted by Crippen LogP contribution is 2.13. The van der Waals surface area contributed by atoms with Crippen LogP contribution < -0.4 is 11.1 Å². The Kier molecular flexibility index (Phi) is 4.24. The van der Waals surface area contributed by atoms with Crippen molar-refractivity contribution in [2.75, 3.05) is 0 Å². The van der Waals surface area contributed by atoms with Crippen LogP contribution in [-0.4, -0.2) is 15.9 Å². The standard InChI is InChI=1S/C13H13N3OS2/c1-8-6-19-7-10(8)5-16-13(17)11-3-2-9(4-15-11)12(14)18/h2-4,6-7H,5H2,1H3,(H2,14,18)(H,16,17).